The minimum absolute atomic E-state index is 0.00575. The first kappa shape index (κ1) is 15.0. The Bertz CT molecular complexity index is 464. The lowest BCUT2D eigenvalue weighted by Gasteiger charge is -2.34. The molecule has 7 heteroatoms. The maximum Gasteiger partial charge on any atom is 0.275 e. The van der Waals surface area contributed by atoms with Crippen LogP contribution < -0.4 is 5.73 Å². The van der Waals surface area contributed by atoms with Gasteiger partial charge in [0.2, 0.25) is 5.89 Å². The third-order valence-electron chi connectivity index (χ3n) is 3.25. The van der Waals surface area contributed by atoms with Gasteiger partial charge in [0.1, 0.15) is 12.3 Å². The van der Waals surface area contributed by atoms with Crippen molar-refractivity contribution in [3.63, 3.8) is 0 Å². The lowest BCUT2D eigenvalue weighted by molar-refractivity contribution is -0.0587. The normalized spacial score (nSPS) is 26.4. The summed E-state index contributed by atoms with van der Waals surface area (Å²) < 4.78 is 10.8. The third-order valence-corrected chi connectivity index (χ3v) is 3.25. The van der Waals surface area contributed by atoms with E-state index < -0.39 is 12.1 Å². The Kier molecular flexibility index (Phi) is 4.42. The van der Waals surface area contributed by atoms with Gasteiger partial charge in [0, 0.05) is 13.1 Å². The molecule has 1 aliphatic heterocycles. The molecule has 1 saturated heterocycles. The van der Waals surface area contributed by atoms with E-state index in [0.29, 0.717) is 13.1 Å². The number of morpholine rings is 1. The van der Waals surface area contributed by atoms with Gasteiger partial charge in [-0.05, 0) is 20.8 Å². The average molecular weight is 283 g/mol. The smallest absolute Gasteiger partial charge is 0.275 e. The lowest BCUT2D eigenvalue weighted by Crippen LogP contribution is -2.48. The summed E-state index contributed by atoms with van der Waals surface area (Å²) in [4.78, 5) is 18.1. The van der Waals surface area contributed by atoms with Crippen LogP contribution in [0.2, 0.25) is 0 Å². The zero-order valence-electron chi connectivity index (χ0n) is 11.9. The zero-order valence-corrected chi connectivity index (χ0v) is 11.9. The molecule has 1 aliphatic rings. The highest BCUT2D eigenvalue weighted by Gasteiger charge is 2.29. The first-order valence-corrected chi connectivity index (χ1v) is 6.72. The van der Waals surface area contributed by atoms with E-state index >= 15 is 0 Å². The van der Waals surface area contributed by atoms with Crippen LogP contribution in [0.15, 0.2) is 10.7 Å². The molecule has 1 aromatic heterocycles. The summed E-state index contributed by atoms with van der Waals surface area (Å²) >= 11 is 0. The molecule has 2 heterocycles. The van der Waals surface area contributed by atoms with E-state index in [9.17, 15) is 9.90 Å². The fraction of sp³-hybridized carbons (Fsp3) is 0.692. The van der Waals surface area contributed by atoms with Gasteiger partial charge < -0.3 is 24.9 Å². The molecule has 112 valence electrons. The summed E-state index contributed by atoms with van der Waals surface area (Å²) in [6.07, 6.45) is 0.479. The number of rotatable bonds is 3. The fourth-order valence-electron chi connectivity index (χ4n) is 2.25. The van der Waals surface area contributed by atoms with E-state index in [4.69, 9.17) is 14.9 Å². The number of amides is 1. The highest BCUT2D eigenvalue weighted by Crippen LogP contribution is 2.17. The topological polar surface area (TPSA) is 102 Å². The van der Waals surface area contributed by atoms with Crippen molar-refractivity contribution in [3.8, 4) is 0 Å². The fourth-order valence-corrected chi connectivity index (χ4v) is 2.25. The van der Waals surface area contributed by atoms with E-state index in [1.807, 2.05) is 13.8 Å². The number of carbonyl (C=O) groups is 1. The van der Waals surface area contributed by atoms with Gasteiger partial charge in [-0.3, -0.25) is 4.79 Å². The number of hydrogen-bond acceptors (Lipinski definition) is 6. The van der Waals surface area contributed by atoms with Crippen molar-refractivity contribution in [2.24, 2.45) is 5.73 Å². The molecule has 20 heavy (non-hydrogen) atoms. The Balaban J connectivity index is 2.09. The van der Waals surface area contributed by atoms with Crippen molar-refractivity contribution >= 4 is 5.91 Å². The molecule has 3 N–H and O–H groups in total. The molecule has 1 fully saturated rings. The predicted molar refractivity (Wildman–Crippen MR) is 71.0 cm³/mol. The van der Waals surface area contributed by atoms with Crippen molar-refractivity contribution in [1.29, 1.82) is 0 Å². The number of carbonyl (C=O) groups excluding carboxylic acids is 1. The largest absolute Gasteiger partial charge is 0.446 e. The molecule has 4 unspecified atom stereocenters. The van der Waals surface area contributed by atoms with Gasteiger partial charge in [0.15, 0.2) is 5.69 Å². The predicted octanol–water partition coefficient (Wildman–Crippen LogP) is 0.305. The molecule has 0 bridgehead atoms. The van der Waals surface area contributed by atoms with Crippen LogP contribution in [0.4, 0.5) is 0 Å². The monoisotopic (exact) mass is 283 g/mol. The number of aliphatic hydroxyl groups excluding tert-OH is 1. The minimum Gasteiger partial charge on any atom is -0.446 e. The van der Waals surface area contributed by atoms with Crippen molar-refractivity contribution < 1.29 is 19.1 Å². The molecule has 2 rings (SSSR count). The zero-order chi connectivity index (χ0) is 14.9. The Morgan fingerprint density at radius 1 is 1.50 bits per heavy atom. The number of hydrogen-bond donors (Lipinski definition) is 2. The second-order valence-electron chi connectivity index (χ2n) is 5.30. The Labute approximate surface area is 117 Å². The molecule has 0 aromatic carbocycles. The van der Waals surface area contributed by atoms with Crippen LogP contribution in [-0.4, -0.2) is 52.3 Å². The first-order valence-electron chi connectivity index (χ1n) is 6.72. The van der Waals surface area contributed by atoms with Crippen molar-refractivity contribution in [3.05, 3.63) is 17.8 Å². The van der Waals surface area contributed by atoms with Gasteiger partial charge in [0.25, 0.3) is 5.91 Å². The molecule has 0 spiro atoms. The lowest BCUT2D eigenvalue weighted by atomic mass is 10.2. The highest BCUT2D eigenvalue weighted by atomic mass is 16.5. The summed E-state index contributed by atoms with van der Waals surface area (Å²) in [5, 5.41) is 9.40. The number of aromatic nitrogens is 1. The number of aliphatic hydroxyl groups is 1. The number of nitrogens with zero attached hydrogens (tertiary/aromatic N) is 2. The van der Waals surface area contributed by atoms with E-state index in [0.717, 1.165) is 0 Å². The summed E-state index contributed by atoms with van der Waals surface area (Å²) in [6, 6.07) is -0.737. The summed E-state index contributed by atoms with van der Waals surface area (Å²) in [5.74, 6) is -0.0440. The molecule has 0 aliphatic carbocycles. The molecule has 0 radical (unpaired) electrons. The first-order chi connectivity index (χ1) is 9.38. The van der Waals surface area contributed by atoms with Gasteiger partial charge in [-0.15, -0.1) is 0 Å². The highest BCUT2D eigenvalue weighted by molar-refractivity contribution is 5.92. The van der Waals surface area contributed by atoms with E-state index in [1.54, 1.807) is 11.8 Å². The number of ether oxygens (including phenoxy) is 1. The number of nitrogens with two attached hydrogens (primary N) is 1. The molecular weight excluding hydrogens is 262 g/mol. The van der Waals surface area contributed by atoms with Crippen molar-refractivity contribution in [1.82, 2.24) is 9.88 Å². The second kappa shape index (κ2) is 5.90. The van der Waals surface area contributed by atoms with Crippen LogP contribution in [0.25, 0.3) is 0 Å². The van der Waals surface area contributed by atoms with Crippen LogP contribution in [0.1, 0.15) is 43.2 Å². The van der Waals surface area contributed by atoms with E-state index in [2.05, 4.69) is 4.98 Å². The molecule has 7 nitrogen and oxygen atoms in total. The van der Waals surface area contributed by atoms with Gasteiger partial charge >= 0.3 is 0 Å². The molecule has 1 aromatic rings. The second-order valence-corrected chi connectivity index (χ2v) is 5.30. The van der Waals surface area contributed by atoms with Crippen LogP contribution in [0, 0.1) is 0 Å². The summed E-state index contributed by atoms with van der Waals surface area (Å²) in [6.45, 7) is 6.43. The van der Waals surface area contributed by atoms with Crippen molar-refractivity contribution in [2.45, 2.75) is 45.1 Å². The van der Waals surface area contributed by atoms with E-state index in [1.165, 1.54) is 6.26 Å². The van der Waals surface area contributed by atoms with Gasteiger partial charge in [-0.1, -0.05) is 0 Å². The van der Waals surface area contributed by atoms with Crippen LogP contribution in [0.5, 0.6) is 0 Å². The molecule has 0 saturated carbocycles. The van der Waals surface area contributed by atoms with Gasteiger partial charge in [-0.25, -0.2) is 4.98 Å². The Hall–Kier alpha value is -1.44. The Morgan fingerprint density at radius 3 is 2.65 bits per heavy atom. The standard InChI is InChI=1S/C13H21N3O4/c1-7-4-16(5-8(2)20-7)13(18)10-6-19-12(15-10)11(14)9(3)17/h6-9,11,17H,4-5,14H2,1-3H3. The molecule has 1 amide bonds. The maximum absolute atomic E-state index is 12.3. The quantitative estimate of drug-likeness (QED) is 0.827. The van der Waals surface area contributed by atoms with Gasteiger partial charge in [0.05, 0.1) is 18.3 Å². The number of oxazole rings is 1. The minimum atomic E-state index is -0.792. The van der Waals surface area contributed by atoms with Crippen molar-refractivity contribution in [2.75, 3.05) is 13.1 Å². The van der Waals surface area contributed by atoms with Crippen LogP contribution in [-0.2, 0) is 4.74 Å². The average Bonchev–Trinajstić information content (AvgIpc) is 2.85. The SMILES string of the molecule is CC1CN(C(=O)c2coc(C(N)C(C)O)n2)CC(C)O1. The Morgan fingerprint density at radius 2 is 2.10 bits per heavy atom. The third kappa shape index (κ3) is 3.17. The molecular formula is C13H21N3O4. The molecule has 4 atom stereocenters. The van der Waals surface area contributed by atoms with Gasteiger partial charge in [-0.2, -0.15) is 0 Å². The van der Waals surface area contributed by atoms with E-state index in [-0.39, 0.29) is 29.7 Å². The summed E-state index contributed by atoms with van der Waals surface area (Å²) in [7, 11) is 0. The van der Waals surface area contributed by atoms with Crippen LogP contribution in [0.3, 0.4) is 0 Å². The maximum atomic E-state index is 12.3. The summed E-state index contributed by atoms with van der Waals surface area (Å²) in [5.41, 5.74) is 5.93. The van der Waals surface area contributed by atoms with Crippen LogP contribution >= 0.6 is 0 Å².